The van der Waals surface area contributed by atoms with Crippen molar-refractivity contribution in [3.8, 4) is 11.5 Å². The molecule has 18 nitrogen and oxygen atoms in total. The van der Waals surface area contributed by atoms with E-state index in [9.17, 15) is 39.4 Å². The van der Waals surface area contributed by atoms with Crippen molar-refractivity contribution in [2.24, 2.45) is 7.05 Å². The molecule has 1 aromatic heterocycles. The molecule has 0 spiro atoms. The number of hydrogen-bond acceptors (Lipinski definition) is 13. The van der Waals surface area contributed by atoms with Gasteiger partial charge < -0.3 is 35.0 Å². The summed E-state index contributed by atoms with van der Waals surface area (Å²) in [4.78, 5) is 74.0. The number of nitro benzene ring substituents is 1. The molecule has 1 aliphatic rings. The first-order valence-corrected chi connectivity index (χ1v) is 15.1. The van der Waals surface area contributed by atoms with Crippen molar-refractivity contribution in [2.75, 3.05) is 25.0 Å². The molecule has 3 amide bonds. The molecule has 1 aliphatic heterocycles. The van der Waals surface area contributed by atoms with Gasteiger partial charge in [0.15, 0.2) is 5.69 Å². The number of rotatable bonds is 18. The number of hydrogen-bond donors (Lipinski definition) is 2. The Balaban J connectivity index is 1.29. The summed E-state index contributed by atoms with van der Waals surface area (Å²) in [6.45, 7) is 0.527. The number of nitro groups is 2. The minimum absolute atomic E-state index is 0.0297. The third-order valence-corrected chi connectivity index (χ3v) is 7.19. The Kier molecular flexibility index (Phi) is 12.5. The standard InChI is InChI=1S/C31H33N7O11/c1-35-23(17-33-30(35)38(45)46)20-47-26-11-6-21(19-48-31(42)49-24-9-7-22(8-10-24)37(43)44)16-25(26)34-27(39)18-32-14-4-2-3-5-15-36-28(40)12-13-29(36)41/h6-13,16-17,32H,2-5,14-15,18-20H2,1H3,(H,34,39). The zero-order chi connectivity index (χ0) is 35.3. The van der Waals surface area contributed by atoms with Gasteiger partial charge in [-0.05, 0) is 54.1 Å². The molecule has 0 fully saturated rings. The number of unbranched alkanes of at least 4 members (excludes halogenated alkanes) is 3. The summed E-state index contributed by atoms with van der Waals surface area (Å²) >= 11 is 0. The minimum atomic E-state index is -1.06. The number of ether oxygens (including phenoxy) is 3. The predicted molar refractivity (Wildman–Crippen MR) is 170 cm³/mol. The van der Waals surface area contributed by atoms with E-state index in [0.717, 1.165) is 19.3 Å². The van der Waals surface area contributed by atoms with Gasteiger partial charge in [0.25, 0.3) is 17.5 Å². The Bertz CT molecular complexity index is 1720. The van der Waals surface area contributed by atoms with Gasteiger partial charge in [0.1, 0.15) is 30.9 Å². The van der Waals surface area contributed by atoms with Crippen molar-refractivity contribution < 1.29 is 43.2 Å². The minimum Gasteiger partial charge on any atom is -0.484 e. The zero-order valence-electron chi connectivity index (χ0n) is 26.4. The second-order valence-corrected chi connectivity index (χ2v) is 10.7. The van der Waals surface area contributed by atoms with Crippen molar-refractivity contribution in [1.29, 1.82) is 0 Å². The van der Waals surface area contributed by atoms with E-state index in [0.29, 0.717) is 30.8 Å². The van der Waals surface area contributed by atoms with Crippen LogP contribution < -0.4 is 20.1 Å². The lowest BCUT2D eigenvalue weighted by Gasteiger charge is -2.15. The Morgan fingerprint density at radius 3 is 2.31 bits per heavy atom. The van der Waals surface area contributed by atoms with Crippen molar-refractivity contribution in [1.82, 2.24) is 19.8 Å². The molecule has 0 unspecified atom stereocenters. The largest absolute Gasteiger partial charge is 0.514 e. The highest BCUT2D eigenvalue weighted by molar-refractivity contribution is 6.12. The fraction of sp³-hybridized carbons (Fsp3) is 0.323. The number of nitrogens with zero attached hydrogens (tertiary/aromatic N) is 5. The molecule has 4 rings (SSSR count). The van der Waals surface area contributed by atoms with Crippen LogP contribution >= 0.6 is 0 Å². The molecule has 2 aromatic carbocycles. The van der Waals surface area contributed by atoms with Gasteiger partial charge in [0, 0.05) is 30.8 Å². The second kappa shape index (κ2) is 17.1. The van der Waals surface area contributed by atoms with Gasteiger partial charge in [-0.15, -0.1) is 0 Å². The van der Waals surface area contributed by atoms with Gasteiger partial charge in [-0.2, -0.15) is 0 Å². The van der Waals surface area contributed by atoms with Gasteiger partial charge >= 0.3 is 12.1 Å². The average Bonchev–Trinajstić information content (AvgIpc) is 3.60. The molecular formula is C31H33N7O11. The van der Waals surface area contributed by atoms with Gasteiger partial charge in [-0.25, -0.2) is 9.36 Å². The van der Waals surface area contributed by atoms with Crippen molar-refractivity contribution in [2.45, 2.75) is 38.9 Å². The quantitative estimate of drug-likeness (QED) is 0.0490. The first kappa shape index (κ1) is 35.7. The molecule has 2 heterocycles. The Morgan fingerprint density at radius 2 is 1.63 bits per heavy atom. The first-order chi connectivity index (χ1) is 23.5. The third-order valence-electron chi connectivity index (χ3n) is 7.19. The van der Waals surface area contributed by atoms with Gasteiger partial charge in [-0.3, -0.25) is 29.4 Å². The third kappa shape index (κ3) is 10.4. The lowest BCUT2D eigenvalue weighted by Crippen LogP contribution is -2.31. The Labute approximate surface area is 278 Å². The van der Waals surface area contributed by atoms with Crippen molar-refractivity contribution >= 4 is 41.2 Å². The van der Waals surface area contributed by atoms with Gasteiger partial charge in [-0.1, -0.05) is 23.9 Å². The molecular weight excluding hydrogens is 646 g/mol. The van der Waals surface area contributed by atoms with Crippen LogP contribution in [0, 0.1) is 20.2 Å². The molecule has 3 aromatic rings. The summed E-state index contributed by atoms with van der Waals surface area (Å²) in [5.74, 6) is -1.07. The first-order valence-electron chi connectivity index (χ1n) is 15.1. The van der Waals surface area contributed by atoms with Crippen molar-refractivity contribution in [3.05, 3.63) is 92.3 Å². The highest BCUT2D eigenvalue weighted by Gasteiger charge is 2.22. The number of amides is 3. The molecule has 0 saturated heterocycles. The molecule has 2 N–H and O–H groups in total. The molecule has 0 radical (unpaired) electrons. The van der Waals surface area contributed by atoms with Crippen LogP contribution in [0.5, 0.6) is 11.5 Å². The van der Waals surface area contributed by atoms with Crippen LogP contribution in [0.3, 0.4) is 0 Å². The summed E-state index contributed by atoms with van der Waals surface area (Å²) in [6.07, 6.45) is 5.85. The van der Waals surface area contributed by atoms with E-state index in [1.54, 1.807) is 6.07 Å². The molecule has 0 atom stereocenters. The Hall–Kier alpha value is -6.17. The maximum atomic E-state index is 12.8. The maximum Gasteiger partial charge on any atom is 0.514 e. The predicted octanol–water partition coefficient (Wildman–Crippen LogP) is 3.54. The number of imidazole rings is 1. The van der Waals surface area contributed by atoms with E-state index in [-0.39, 0.29) is 60.4 Å². The van der Waals surface area contributed by atoms with E-state index < -0.39 is 21.9 Å². The van der Waals surface area contributed by atoms with Crippen molar-refractivity contribution in [3.63, 3.8) is 0 Å². The number of carbonyl (C=O) groups excluding carboxylic acids is 4. The van der Waals surface area contributed by atoms with Gasteiger partial charge in [0.05, 0.1) is 24.2 Å². The van der Waals surface area contributed by atoms with E-state index in [1.165, 1.54) is 71.3 Å². The summed E-state index contributed by atoms with van der Waals surface area (Å²) in [5.41, 5.74) is 0.937. The summed E-state index contributed by atoms with van der Waals surface area (Å²) in [7, 11) is 1.47. The van der Waals surface area contributed by atoms with Crippen LogP contribution in [-0.4, -0.2) is 67.8 Å². The number of aromatic nitrogens is 2. The normalized spacial score (nSPS) is 12.2. The lowest BCUT2D eigenvalue weighted by molar-refractivity contribution is -0.396. The van der Waals surface area contributed by atoms with E-state index in [1.807, 2.05) is 0 Å². The van der Waals surface area contributed by atoms with E-state index in [2.05, 4.69) is 15.6 Å². The van der Waals surface area contributed by atoms with Crippen LogP contribution in [0.1, 0.15) is 36.9 Å². The Morgan fingerprint density at radius 1 is 0.918 bits per heavy atom. The molecule has 0 saturated carbocycles. The molecule has 258 valence electrons. The number of benzene rings is 2. The van der Waals surface area contributed by atoms with Crippen LogP contribution in [0.4, 0.5) is 22.1 Å². The SMILES string of the molecule is Cn1c(COc2ccc(COC(=O)Oc3ccc([N+](=O)[O-])cc3)cc2NC(=O)CNCCCCCCN2C(=O)C=CC2=O)cnc1[N+](=O)[O-]. The second-order valence-electron chi connectivity index (χ2n) is 10.7. The molecule has 49 heavy (non-hydrogen) atoms. The maximum absolute atomic E-state index is 12.8. The number of imide groups is 1. The van der Waals surface area contributed by atoms with E-state index in [4.69, 9.17) is 14.2 Å². The van der Waals surface area contributed by atoms with Crippen LogP contribution in [0.25, 0.3) is 0 Å². The molecule has 18 heteroatoms. The molecule has 0 aliphatic carbocycles. The monoisotopic (exact) mass is 679 g/mol. The number of anilines is 1. The van der Waals surface area contributed by atoms with Crippen LogP contribution in [0.15, 0.2) is 60.8 Å². The topological polar surface area (TPSA) is 227 Å². The highest BCUT2D eigenvalue weighted by atomic mass is 16.7. The summed E-state index contributed by atoms with van der Waals surface area (Å²) in [5, 5.41) is 27.8. The smallest absolute Gasteiger partial charge is 0.484 e. The average molecular weight is 680 g/mol. The highest BCUT2D eigenvalue weighted by Crippen LogP contribution is 2.28. The van der Waals surface area contributed by atoms with Crippen LogP contribution in [-0.2, 0) is 39.4 Å². The number of carbonyl (C=O) groups is 4. The number of nitrogens with one attached hydrogen (secondary N) is 2. The van der Waals surface area contributed by atoms with Gasteiger partial charge in [0.2, 0.25) is 5.91 Å². The summed E-state index contributed by atoms with van der Waals surface area (Å²) in [6, 6.07) is 9.51. The fourth-order valence-corrected chi connectivity index (χ4v) is 4.60. The zero-order valence-corrected chi connectivity index (χ0v) is 26.4. The van der Waals surface area contributed by atoms with Crippen LogP contribution in [0.2, 0.25) is 0 Å². The number of non-ortho nitro benzene ring substituents is 1. The lowest BCUT2D eigenvalue weighted by atomic mass is 10.2. The molecule has 0 bridgehead atoms. The fourth-order valence-electron chi connectivity index (χ4n) is 4.60. The summed E-state index contributed by atoms with van der Waals surface area (Å²) < 4.78 is 17.3. The van der Waals surface area contributed by atoms with E-state index >= 15 is 0 Å².